The van der Waals surface area contributed by atoms with Gasteiger partial charge < -0.3 is 20.6 Å². The Labute approximate surface area is 127 Å². The van der Waals surface area contributed by atoms with Gasteiger partial charge in [0, 0.05) is 20.1 Å². The van der Waals surface area contributed by atoms with E-state index < -0.39 is 6.10 Å². The first-order chi connectivity index (χ1) is 9.75. The summed E-state index contributed by atoms with van der Waals surface area (Å²) in [5.41, 5.74) is 1.46. The number of nitrogens with zero attached hydrogens (tertiary/aromatic N) is 1. The second-order valence-corrected chi connectivity index (χ2v) is 6.25. The first kappa shape index (κ1) is 17.3. The molecule has 0 radical (unpaired) electrons. The molecule has 21 heavy (non-hydrogen) atoms. The number of para-hydroxylation sites is 2. The van der Waals surface area contributed by atoms with Gasteiger partial charge in [-0.3, -0.25) is 0 Å². The third-order valence-electron chi connectivity index (χ3n) is 3.49. The van der Waals surface area contributed by atoms with E-state index >= 15 is 0 Å². The van der Waals surface area contributed by atoms with E-state index in [9.17, 15) is 9.90 Å². The van der Waals surface area contributed by atoms with Gasteiger partial charge in [0.15, 0.2) is 0 Å². The molecule has 1 rings (SSSR count). The quantitative estimate of drug-likeness (QED) is 0.782. The number of aliphatic hydroxyl groups excluding tert-OH is 1. The molecule has 0 aromatic heterocycles. The summed E-state index contributed by atoms with van der Waals surface area (Å²) < 4.78 is 0. The fourth-order valence-electron chi connectivity index (χ4n) is 1.74. The number of amides is 2. The number of aliphatic hydroxyl groups is 1. The fourth-order valence-corrected chi connectivity index (χ4v) is 1.74. The van der Waals surface area contributed by atoms with Crippen molar-refractivity contribution in [1.82, 2.24) is 5.32 Å². The molecule has 5 nitrogen and oxygen atoms in total. The predicted molar refractivity (Wildman–Crippen MR) is 87.9 cm³/mol. The van der Waals surface area contributed by atoms with Crippen molar-refractivity contribution in [2.45, 2.75) is 33.8 Å². The van der Waals surface area contributed by atoms with Crippen molar-refractivity contribution in [2.75, 3.05) is 30.4 Å². The van der Waals surface area contributed by atoms with Crippen molar-refractivity contribution in [2.24, 2.45) is 5.41 Å². The van der Waals surface area contributed by atoms with Gasteiger partial charge in [0.1, 0.15) is 0 Å². The summed E-state index contributed by atoms with van der Waals surface area (Å²) in [4.78, 5) is 14.0. The van der Waals surface area contributed by atoms with Crippen LogP contribution in [0.4, 0.5) is 16.2 Å². The zero-order valence-corrected chi connectivity index (χ0v) is 13.6. The van der Waals surface area contributed by atoms with E-state index in [1.54, 1.807) is 0 Å². The molecule has 1 atom stereocenters. The molecule has 0 saturated carbocycles. The third kappa shape index (κ3) is 5.27. The summed E-state index contributed by atoms with van der Waals surface area (Å²) in [6.45, 7) is 8.93. The number of hydrogen-bond acceptors (Lipinski definition) is 3. The topological polar surface area (TPSA) is 64.6 Å². The van der Waals surface area contributed by atoms with Crippen LogP contribution in [0.15, 0.2) is 24.3 Å². The Bertz CT molecular complexity index is 469. The zero-order chi connectivity index (χ0) is 16.0. The van der Waals surface area contributed by atoms with Crippen molar-refractivity contribution in [3.8, 4) is 0 Å². The molecule has 0 aliphatic heterocycles. The summed E-state index contributed by atoms with van der Waals surface area (Å²) in [6.07, 6.45) is -0.586. The van der Waals surface area contributed by atoms with Gasteiger partial charge in [0.05, 0.1) is 17.5 Å². The predicted octanol–water partition coefficient (Wildman–Crippen LogP) is 2.67. The highest BCUT2D eigenvalue weighted by molar-refractivity contribution is 5.93. The minimum absolute atomic E-state index is 0.223. The Balaban J connectivity index is 2.64. The Morgan fingerprint density at radius 2 is 1.95 bits per heavy atom. The van der Waals surface area contributed by atoms with Crippen molar-refractivity contribution < 1.29 is 9.90 Å². The van der Waals surface area contributed by atoms with Crippen molar-refractivity contribution in [3.63, 3.8) is 0 Å². The molecule has 0 bridgehead atoms. The van der Waals surface area contributed by atoms with E-state index in [2.05, 4.69) is 22.5 Å². The lowest BCUT2D eigenvalue weighted by Gasteiger charge is -2.26. The monoisotopic (exact) mass is 293 g/mol. The van der Waals surface area contributed by atoms with Gasteiger partial charge in [-0.25, -0.2) is 4.79 Å². The number of benzene rings is 1. The summed E-state index contributed by atoms with van der Waals surface area (Å²) >= 11 is 0. The number of carbonyl (C=O) groups is 1. The molecule has 0 fully saturated rings. The number of rotatable bonds is 5. The van der Waals surface area contributed by atoms with Gasteiger partial charge in [0.25, 0.3) is 0 Å². The molecule has 1 aromatic carbocycles. The highest BCUT2D eigenvalue weighted by atomic mass is 16.3. The Morgan fingerprint density at radius 3 is 2.52 bits per heavy atom. The van der Waals surface area contributed by atoms with Crippen LogP contribution in [-0.2, 0) is 0 Å². The van der Waals surface area contributed by atoms with Crippen LogP contribution >= 0.6 is 0 Å². The molecule has 0 saturated heterocycles. The first-order valence-electron chi connectivity index (χ1n) is 7.28. The lowest BCUT2D eigenvalue weighted by molar-refractivity contribution is 0.0654. The molecular formula is C16H27N3O2. The van der Waals surface area contributed by atoms with Crippen LogP contribution in [0.3, 0.4) is 0 Å². The molecule has 2 amide bonds. The maximum absolute atomic E-state index is 12.0. The SMILES string of the molecule is CCN(C)c1ccccc1NC(=O)NCC(O)C(C)(C)C. The molecule has 0 spiro atoms. The second-order valence-electron chi connectivity index (χ2n) is 6.25. The number of hydrogen-bond donors (Lipinski definition) is 3. The molecular weight excluding hydrogens is 266 g/mol. The molecule has 5 heteroatoms. The van der Waals surface area contributed by atoms with Crippen LogP contribution in [-0.4, -0.2) is 37.4 Å². The van der Waals surface area contributed by atoms with Gasteiger partial charge in [0.2, 0.25) is 0 Å². The van der Waals surface area contributed by atoms with Crippen molar-refractivity contribution >= 4 is 17.4 Å². The smallest absolute Gasteiger partial charge is 0.319 e. The molecule has 0 heterocycles. The molecule has 0 aliphatic carbocycles. The zero-order valence-electron chi connectivity index (χ0n) is 13.6. The van der Waals surface area contributed by atoms with Crippen molar-refractivity contribution in [3.05, 3.63) is 24.3 Å². The van der Waals surface area contributed by atoms with Crippen molar-refractivity contribution in [1.29, 1.82) is 0 Å². The Kier molecular flexibility index (Phi) is 6.03. The fraction of sp³-hybridized carbons (Fsp3) is 0.562. The first-order valence-corrected chi connectivity index (χ1v) is 7.28. The van der Waals surface area contributed by atoms with Crippen LogP contribution in [0.25, 0.3) is 0 Å². The highest BCUT2D eigenvalue weighted by Crippen LogP contribution is 2.24. The molecule has 0 aliphatic rings. The van der Waals surface area contributed by atoms with Crippen LogP contribution in [0, 0.1) is 5.41 Å². The number of nitrogens with one attached hydrogen (secondary N) is 2. The van der Waals surface area contributed by atoms with Gasteiger partial charge in [-0.05, 0) is 24.5 Å². The molecule has 118 valence electrons. The minimum atomic E-state index is -0.586. The molecule has 3 N–H and O–H groups in total. The lowest BCUT2D eigenvalue weighted by Crippen LogP contribution is -2.41. The minimum Gasteiger partial charge on any atom is -0.391 e. The van der Waals surface area contributed by atoms with E-state index in [4.69, 9.17) is 0 Å². The maximum Gasteiger partial charge on any atom is 0.319 e. The molecule has 1 aromatic rings. The maximum atomic E-state index is 12.0. The van der Waals surface area contributed by atoms with Crippen LogP contribution in [0.5, 0.6) is 0 Å². The van der Waals surface area contributed by atoms with Gasteiger partial charge in [-0.2, -0.15) is 0 Å². The summed E-state index contributed by atoms with van der Waals surface area (Å²) in [7, 11) is 1.97. The van der Waals surface area contributed by atoms with Gasteiger partial charge >= 0.3 is 6.03 Å². The number of urea groups is 1. The average molecular weight is 293 g/mol. The van der Waals surface area contributed by atoms with E-state index in [-0.39, 0.29) is 18.0 Å². The summed E-state index contributed by atoms with van der Waals surface area (Å²) in [5, 5.41) is 15.5. The summed E-state index contributed by atoms with van der Waals surface area (Å²) in [5.74, 6) is 0. The number of carbonyl (C=O) groups excluding carboxylic acids is 1. The Morgan fingerprint density at radius 1 is 1.33 bits per heavy atom. The van der Waals surface area contributed by atoms with E-state index in [0.717, 1.165) is 17.9 Å². The normalized spacial score (nSPS) is 12.7. The Hall–Kier alpha value is -1.75. The number of anilines is 2. The molecule has 1 unspecified atom stereocenters. The highest BCUT2D eigenvalue weighted by Gasteiger charge is 2.22. The van der Waals surface area contributed by atoms with Crippen LogP contribution < -0.4 is 15.5 Å². The van der Waals surface area contributed by atoms with E-state index in [1.165, 1.54) is 0 Å². The van der Waals surface area contributed by atoms with Crippen LogP contribution in [0.1, 0.15) is 27.7 Å². The standard InChI is InChI=1S/C16H27N3O2/c1-6-19(5)13-10-8-7-9-12(13)18-15(21)17-11-14(20)16(2,3)4/h7-10,14,20H,6,11H2,1-5H3,(H2,17,18,21). The van der Waals surface area contributed by atoms with E-state index in [1.807, 2.05) is 52.1 Å². The third-order valence-corrected chi connectivity index (χ3v) is 3.49. The average Bonchev–Trinajstić information content (AvgIpc) is 2.43. The van der Waals surface area contributed by atoms with Gasteiger partial charge in [-0.1, -0.05) is 32.9 Å². The van der Waals surface area contributed by atoms with E-state index in [0.29, 0.717) is 0 Å². The van der Waals surface area contributed by atoms with Gasteiger partial charge in [-0.15, -0.1) is 0 Å². The lowest BCUT2D eigenvalue weighted by atomic mass is 9.89. The van der Waals surface area contributed by atoms with Crippen LogP contribution in [0.2, 0.25) is 0 Å². The largest absolute Gasteiger partial charge is 0.391 e. The second kappa shape index (κ2) is 7.31. The summed E-state index contributed by atoms with van der Waals surface area (Å²) in [6, 6.07) is 7.33.